The molecule has 1 aromatic heterocycles. The van der Waals surface area contributed by atoms with Crippen LogP contribution in [0.15, 0.2) is 42.7 Å². The maximum Gasteiger partial charge on any atom is 0.118 e. The van der Waals surface area contributed by atoms with Crippen LogP contribution >= 0.6 is 23.2 Å². The largest absolute Gasteiger partial charge is 0.447 e. The fraction of sp³-hybridized carbons (Fsp3) is 0.278. The minimum Gasteiger partial charge on any atom is -0.447 e. The molecule has 1 atom stereocenters. The summed E-state index contributed by atoms with van der Waals surface area (Å²) in [4.78, 5) is 3.43. The Balaban J connectivity index is 2.60. The molecule has 0 saturated carbocycles. The Morgan fingerprint density at radius 2 is 1.96 bits per heavy atom. The van der Waals surface area contributed by atoms with Gasteiger partial charge in [-0.05, 0) is 24.0 Å². The number of ether oxygens (including phenoxy) is 1. The second-order valence-corrected chi connectivity index (χ2v) is 5.96. The van der Waals surface area contributed by atoms with E-state index in [1.54, 1.807) is 12.4 Å². The van der Waals surface area contributed by atoms with Crippen molar-refractivity contribution in [1.29, 1.82) is 0 Å². The molecule has 120 valence electrons. The zero-order valence-electron chi connectivity index (χ0n) is 12.7. The number of halogens is 2. The molecule has 1 N–H and O–H groups in total. The van der Waals surface area contributed by atoms with Gasteiger partial charge in [0.05, 0.1) is 18.8 Å². The number of aliphatic hydroxyl groups excluding tert-OH is 1. The fourth-order valence-electron chi connectivity index (χ4n) is 2.37. The van der Waals surface area contributed by atoms with E-state index in [0.717, 1.165) is 11.1 Å². The predicted molar refractivity (Wildman–Crippen MR) is 92.4 cm³/mol. The van der Waals surface area contributed by atoms with E-state index >= 15 is 0 Å². The number of benzene rings is 1. The van der Waals surface area contributed by atoms with Crippen LogP contribution in [0, 0.1) is 12.0 Å². The second kappa shape index (κ2) is 8.79. The second-order valence-electron chi connectivity index (χ2n) is 4.80. The van der Waals surface area contributed by atoms with E-state index in [9.17, 15) is 5.11 Å². The molecule has 0 spiro atoms. The summed E-state index contributed by atoms with van der Waals surface area (Å²) in [5.74, 6) is 2.61. The van der Waals surface area contributed by atoms with Crippen LogP contribution in [0.5, 0.6) is 0 Å². The molecule has 2 aromatic rings. The van der Waals surface area contributed by atoms with Crippen LogP contribution in [0.1, 0.15) is 35.1 Å². The lowest BCUT2D eigenvalue weighted by Gasteiger charge is -2.22. The van der Waals surface area contributed by atoms with Crippen molar-refractivity contribution in [1.82, 2.24) is 4.98 Å². The van der Waals surface area contributed by atoms with Crippen LogP contribution in [0.2, 0.25) is 0 Å². The van der Waals surface area contributed by atoms with Crippen LogP contribution in [0.25, 0.3) is 0 Å². The highest BCUT2D eigenvalue weighted by Gasteiger charge is 2.26. The van der Waals surface area contributed by atoms with Gasteiger partial charge in [-0.25, -0.2) is 0 Å². The highest BCUT2D eigenvalue weighted by molar-refractivity contribution is 6.45. The van der Waals surface area contributed by atoms with Crippen molar-refractivity contribution in [3.05, 3.63) is 65.0 Å². The van der Waals surface area contributed by atoms with Gasteiger partial charge in [-0.1, -0.05) is 30.3 Å². The average Bonchev–Trinajstić information content (AvgIpc) is 2.57. The summed E-state index contributed by atoms with van der Waals surface area (Å²) in [6.45, 7) is 2.18. The van der Waals surface area contributed by atoms with Gasteiger partial charge < -0.3 is 9.84 Å². The molecule has 0 saturated heterocycles. The van der Waals surface area contributed by atoms with Crippen molar-refractivity contribution in [3.63, 3.8) is 0 Å². The zero-order chi connectivity index (χ0) is 16.7. The normalized spacial score (nSPS) is 11.7. The number of rotatable bonds is 5. The Bertz CT molecular complexity index is 693. The molecule has 3 nitrogen and oxygen atoms in total. The molecule has 0 aliphatic carbocycles. The molecule has 1 heterocycles. The van der Waals surface area contributed by atoms with Crippen LogP contribution < -0.4 is 0 Å². The number of aromatic nitrogens is 1. The SMILES string of the molecule is CCOC#Cc1cncc(CO)c1C(c1ccccc1)C(Cl)Cl. The molecule has 0 fully saturated rings. The van der Waals surface area contributed by atoms with Crippen LogP contribution in [0.4, 0.5) is 0 Å². The van der Waals surface area contributed by atoms with Crippen molar-refractivity contribution in [2.75, 3.05) is 6.61 Å². The topological polar surface area (TPSA) is 42.4 Å². The molecule has 0 bridgehead atoms. The molecule has 0 aliphatic heterocycles. The maximum absolute atomic E-state index is 9.69. The quantitative estimate of drug-likeness (QED) is 0.658. The first-order valence-electron chi connectivity index (χ1n) is 7.22. The number of aliphatic hydroxyl groups is 1. The van der Waals surface area contributed by atoms with E-state index in [1.807, 2.05) is 37.3 Å². The first-order chi connectivity index (χ1) is 11.2. The summed E-state index contributed by atoms with van der Waals surface area (Å²) < 4.78 is 5.09. The third-order valence-electron chi connectivity index (χ3n) is 3.36. The lowest BCUT2D eigenvalue weighted by Crippen LogP contribution is -2.14. The Kier molecular flexibility index (Phi) is 6.73. The minimum atomic E-state index is -0.697. The zero-order valence-corrected chi connectivity index (χ0v) is 14.2. The third-order valence-corrected chi connectivity index (χ3v) is 3.87. The number of hydrogen-bond donors (Lipinski definition) is 1. The third kappa shape index (κ3) is 4.39. The molecule has 0 amide bonds. The summed E-state index contributed by atoms with van der Waals surface area (Å²) in [6.07, 6.45) is 5.87. The van der Waals surface area contributed by atoms with Gasteiger partial charge in [0.25, 0.3) is 0 Å². The number of hydrogen-bond acceptors (Lipinski definition) is 3. The Hall–Kier alpha value is -1.73. The first-order valence-corrected chi connectivity index (χ1v) is 8.09. The lowest BCUT2D eigenvalue weighted by atomic mass is 9.87. The van der Waals surface area contributed by atoms with Crippen LogP contribution in [-0.4, -0.2) is 21.5 Å². The monoisotopic (exact) mass is 349 g/mol. The van der Waals surface area contributed by atoms with Crippen molar-refractivity contribution >= 4 is 23.2 Å². The molecule has 23 heavy (non-hydrogen) atoms. The highest BCUT2D eigenvalue weighted by Crippen LogP contribution is 2.36. The van der Waals surface area contributed by atoms with Gasteiger partial charge in [-0.3, -0.25) is 4.98 Å². The van der Waals surface area contributed by atoms with E-state index in [1.165, 1.54) is 0 Å². The van der Waals surface area contributed by atoms with E-state index < -0.39 is 4.84 Å². The summed E-state index contributed by atoms with van der Waals surface area (Å²) in [5, 5.41) is 9.69. The summed E-state index contributed by atoms with van der Waals surface area (Å²) >= 11 is 12.5. The molecule has 5 heteroatoms. The minimum absolute atomic E-state index is 0.170. The van der Waals surface area contributed by atoms with Crippen molar-refractivity contribution in [2.24, 2.45) is 0 Å². The Morgan fingerprint density at radius 3 is 2.57 bits per heavy atom. The predicted octanol–water partition coefficient (Wildman–Crippen LogP) is 3.86. The molecule has 2 rings (SSSR count). The molecular formula is C18H17Cl2NO2. The van der Waals surface area contributed by atoms with E-state index in [-0.39, 0.29) is 12.5 Å². The molecule has 0 aliphatic rings. The Labute approximate surface area is 146 Å². The van der Waals surface area contributed by atoms with Gasteiger partial charge in [0.15, 0.2) is 0 Å². The van der Waals surface area contributed by atoms with Crippen molar-refractivity contribution in [3.8, 4) is 12.0 Å². The Morgan fingerprint density at radius 1 is 1.22 bits per heavy atom. The highest BCUT2D eigenvalue weighted by atomic mass is 35.5. The summed E-state index contributed by atoms with van der Waals surface area (Å²) in [5.41, 5.74) is 3.01. The number of nitrogens with zero attached hydrogens (tertiary/aromatic N) is 1. The summed E-state index contributed by atoms with van der Waals surface area (Å²) in [6, 6.07) is 9.66. The van der Waals surface area contributed by atoms with Crippen molar-refractivity contribution in [2.45, 2.75) is 24.3 Å². The van der Waals surface area contributed by atoms with Gasteiger partial charge in [0.1, 0.15) is 10.9 Å². The van der Waals surface area contributed by atoms with Gasteiger partial charge in [0.2, 0.25) is 0 Å². The number of pyridine rings is 1. The molecule has 0 radical (unpaired) electrons. The average molecular weight is 350 g/mol. The molecular weight excluding hydrogens is 333 g/mol. The molecule has 1 unspecified atom stereocenters. The fourth-order valence-corrected chi connectivity index (χ4v) is 2.91. The van der Waals surface area contributed by atoms with E-state index in [0.29, 0.717) is 17.7 Å². The van der Waals surface area contributed by atoms with E-state index in [4.69, 9.17) is 27.9 Å². The van der Waals surface area contributed by atoms with Gasteiger partial charge in [-0.15, -0.1) is 23.2 Å². The standard InChI is InChI=1S/C18H17Cl2NO2/c1-2-23-9-8-14-10-21-11-15(12-22)16(14)17(18(19)20)13-6-4-3-5-7-13/h3-7,10-11,17-18,22H,2,12H2,1H3. The summed E-state index contributed by atoms with van der Waals surface area (Å²) in [7, 11) is 0. The van der Waals surface area contributed by atoms with E-state index in [2.05, 4.69) is 17.0 Å². The first kappa shape index (κ1) is 17.6. The van der Waals surface area contributed by atoms with Gasteiger partial charge in [0, 0.05) is 23.9 Å². The number of alkyl halides is 2. The van der Waals surface area contributed by atoms with Gasteiger partial charge >= 0.3 is 0 Å². The van der Waals surface area contributed by atoms with Crippen LogP contribution in [-0.2, 0) is 11.3 Å². The molecule has 1 aromatic carbocycles. The maximum atomic E-state index is 9.69. The lowest BCUT2D eigenvalue weighted by molar-refractivity contribution is 0.279. The van der Waals surface area contributed by atoms with Crippen molar-refractivity contribution < 1.29 is 9.84 Å². The smallest absolute Gasteiger partial charge is 0.118 e. The van der Waals surface area contributed by atoms with Crippen LogP contribution in [0.3, 0.4) is 0 Å². The van der Waals surface area contributed by atoms with Gasteiger partial charge in [-0.2, -0.15) is 0 Å².